The minimum atomic E-state index is -2.67. The fourth-order valence-electron chi connectivity index (χ4n) is 4.54. The number of aryl methyl sites for hydroxylation is 1. The van der Waals surface area contributed by atoms with Crippen LogP contribution in [-0.4, -0.2) is 39.2 Å². The average Bonchev–Trinajstić information content (AvgIpc) is 3.34. The Labute approximate surface area is 200 Å². The van der Waals surface area contributed by atoms with Crippen LogP contribution in [0.25, 0.3) is 34.0 Å². The first kappa shape index (κ1) is 22.9. The second kappa shape index (κ2) is 9.38. The smallest absolute Gasteiger partial charge is 0.317 e. The molecule has 0 fully saturated rings. The number of carbonyl (C=O) groups is 1. The molecule has 0 bridgehead atoms. The summed E-state index contributed by atoms with van der Waals surface area (Å²) in [5, 5.41) is 13.2. The number of carboxylic acids is 1. The quantitative estimate of drug-likeness (QED) is 0.382. The van der Waals surface area contributed by atoms with Gasteiger partial charge in [-0.1, -0.05) is 47.6 Å². The molecular weight excluding hydrogens is 452 g/mol. The van der Waals surface area contributed by atoms with E-state index < -0.39 is 12.4 Å². The van der Waals surface area contributed by atoms with E-state index in [9.17, 15) is 13.6 Å². The second-order valence-corrected chi connectivity index (χ2v) is 8.68. The van der Waals surface area contributed by atoms with Crippen LogP contribution in [-0.2, 0) is 17.8 Å². The van der Waals surface area contributed by atoms with E-state index in [4.69, 9.17) is 9.63 Å². The largest absolute Gasteiger partial charge is 0.480 e. The second-order valence-electron chi connectivity index (χ2n) is 8.68. The predicted molar refractivity (Wildman–Crippen MR) is 127 cm³/mol. The number of hydrogen-bond donors (Lipinski definition) is 1. The Morgan fingerprint density at radius 1 is 1.06 bits per heavy atom. The summed E-state index contributed by atoms with van der Waals surface area (Å²) in [6.45, 7) is 3.09. The van der Waals surface area contributed by atoms with E-state index in [0.29, 0.717) is 30.0 Å². The molecule has 1 aliphatic rings. The number of nitrogens with zero attached hydrogens (tertiary/aromatic N) is 3. The number of alkyl halides is 2. The first-order valence-corrected chi connectivity index (χ1v) is 11.3. The van der Waals surface area contributed by atoms with Gasteiger partial charge in [-0.15, -0.1) is 0 Å². The minimum Gasteiger partial charge on any atom is -0.480 e. The summed E-state index contributed by atoms with van der Waals surface area (Å²) in [5.74, 6) is -0.354. The molecule has 4 aromatic rings. The van der Waals surface area contributed by atoms with Crippen LogP contribution in [0.1, 0.15) is 28.7 Å². The van der Waals surface area contributed by atoms with Gasteiger partial charge in [-0.25, -0.2) is 8.78 Å². The number of carboxylic acid groups (broad SMARTS) is 1. The van der Waals surface area contributed by atoms with Crippen LogP contribution in [0.4, 0.5) is 8.78 Å². The SMILES string of the molecule is Cc1ccccc1-c1ccc(-c2nc(-c3ccc4c(c3)CN(CC(=O)O)CC4)no2)cc1C(F)F. The predicted octanol–water partition coefficient (Wildman–Crippen LogP) is 5.76. The summed E-state index contributed by atoms with van der Waals surface area (Å²) in [6.07, 6.45) is -1.90. The summed E-state index contributed by atoms with van der Waals surface area (Å²) < 4.78 is 33.4. The molecule has 6 nitrogen and oxygen atoms in total. The summed E-state index contributed by atoms with van der Waals surface area (Å²) in [6, 6.07) is 18.0. The van der Waals surface area contributed by atoms with Gasteiger partial charge in [0.15, 0.2) is 0 Å². The van der Waals surface area contributed by atoms with E-state index in [2.05, 4.69) is 10.1 Å². The maximum absolute atomic E-state index is 14.0. The normalized spacial score (nSPS) is 13.7. The van der Waals surface area contributed by atoms with Crippen molar-refractivity contribution in [3.8, 4) is 34.0 Å². The number of aromatic nitrogens is 2. The monoisotopic (exact) mass is 475 g/mol. The Bertz CT molecular complexity index is 1400. The number of halogens is 2. The van der Waals surface area contributed by atoms with Crippen molar-refractivity contribution in [3.05, 3.63) is 82.9 Å². The van der Waals surface area contributed by atoms with Crippen molar-refractivity contribution in [1.29, 1.82) is 0 Å². The van der Waals surface area contributed by atoms with Crippen LogP contribution in [0.5, 0.6) is 0 Å². The number of rotatable bonds is 6. The van der Waals surface area contributed by atoms with Crippen LogP contribution in [0.3, 0.4) is 0 Å². The first-order chi connectivity index (χ1) is 16.9. The zero-order valence-corrected chi connectivity index (χ0v) is 19.0. The Morgan fingerprint density at radius 2 is 1.86 bits per heavy atom. The van der Waals surface area contributed by atoms with Crippen LogP contribution in [0, 0.1) is 6.92 Å². The number of hydrogen-bond acceptors (Lipinski definition) is 5. The third kappa shape index (κ3) is 4.70. The van der Waals surface area contributed by atoms with Crippen molar-refractivity contribution in [2.45, 2.75) is 26.3 Å². The van der Waals surface area contributed by atoms with Gasteiger partial charge >= 0.3 is 5.97 Å². The Hall–Kier alpha value is -3.91. The third-order valence-electron chi connectivity index (χ3n) is 6.31. The van der Waals surface area contributed by atoms with Crippen LogP contribution >= 0.6 is 0 Å². The standard InChI is InChI=1S/C27H23F2N3O3/c1-16-4-2-3-5-21(16)22-9-8-19(13-23(22)25(28)29)27-30-26(31-35-27)18-7-6-17-10-11-32(15-24(33)34)14-20(17)12-18/h2-9,12-13,25H,10-11,14-15H2,1H3,(H,33,34). The molecule has 0 saturated carbocycles. The summed E-state index contributed by atoms with van der Waals surface area (Å²) in [4.78, 5) is 17.4. The van der Waals surface area contributed by atoms with Crippen molar-refractivity contribution in [2.24, 2.45) is 0 Å². The van der Waals surface area contributed by atoms with E-state index >= 15 is 0 Å². The van der Waals surface area contributed by atoms with Crippen LogP contribution in [0.2, 0.25) is 0 Å². The average molecular weight is 475 g/mol. The molecule has 0 aliphatic carbocycles. The summed E-state index contributed by atoms with van der Waals surface area (Å²) >= 11 is 0. The molecule has 1 aliphatic heterocycles. The molecule has 2 heterocycles. The van der Waals surface area contributed by atoms with Gasteiger partial charge < -0.3 is 9.63 Å². The molecular formula is C27H23F2N3O3. The minimum absolute atomic E-state index is 0.0129. The zero-order chi connectivity index (χ0) is 24.5. The van der Waals surface area contributed by atoms with E-state index in [-0.39, 0.29) is 18.0 Å². The highest BCUT2D eigenvalue weighted by Gasteiger charge is 2.21. The molecule has 35 heavy (non-hydrogen) atoms. The Balaban J connectivity index is 1.45. The molecule has 0 saturated heterocycles. The van der Waals surface area contributed by atoms with Gasteiger partial charge in [-0.3, -0.25) is 9.69 Å². The molecule has 3 aromatic carbocycles. The third-order valence-corrected chi connectivity index (χ3v) is 6.31. The summed E-state index contributed by atoms with van der Waals surface area (Å²) in [7, 11) is 0. The van der Waals surface area contributed by atoms with Crippen molar-refractivity contribution in [1.82, 2.24) is 15.0 Å². The molecule has 8 heteroatoms. The molecule has 0 spiro atoms. The van der Waals surface area contributed by atoms with Gasteiger partial charge in [-0.05, 0) is 59.4 Å². The number of aliphatic carboxylic acids is 1. The van der Waals surface area contributed by atoms with Gasteiger partial charge in [0, 0.05) is 29.8 Å². The summed E-state index contributed by atoms with van der Waals surface area (Å²) in [5.41, 5.74) is 5.37. The van der Waals surface area contributed by atoms with Crippen molar-refractivity contribution in [3.63, 3.8) is 0 Å². The molecule has 0 amide bonds. The van der Waals surface area contributed by atoms with Gasteiger partial charge in [-0.2, -0.15) is 4.98 Å². The topological polar surface area (TPSA) is 79.5 Å². The lowest BCUT2D eigenvalue weighted by molar-refractivity contribution is -0.138. The van der Waals surface area contributed by atoms with E-state index in [1.165, 1.54) is 6.07 Å². The molecule has 178 valence electrons. The van der Waals surface area contributed by atoms with Crippen molar-refractivity contribution in [2.75, 3.05) is 13.1 Å². The molecule has 0 atom stereocenters. The van der Waals surface area contributed by atoms with Crippen molar-refractivity contribution < 1.29 is 23.2 Å². The molecule has 0 unspecified atom stereocenters. The van der Waals surface area contributed by atoms with Gasteiger partial charge in [0.2, 0.25) is 5.82 Å². The zero-order valence-electron chi connectivity index (χ0n) is 19.0. The lowest BCUT2D eigenvalue weighted by Crippen LogP contribution is -2.34. The maximum Gasteiger partial charge on any atom is 0.317 e. The van der Waals surface area contributed by atoms with Gasteiger partial charge in [0.25, 0.3) is 12.3 Å². The molecule has 1 N–H and O–H groups in total. The van der Waals surface area contributed by atoms with E-state index in [0.717, 1.165) is 34.2 Å². The first-order valence-electron chi connectivity index (χ1n) is 11.3. The van der Waals surface area contributed by atoms with Crippen LogP contribution < -0.4 is 0 Å². The van der Waals surface area contributed by atoms with Gasteiger partial charge in [0.05, 0.1) is 6.54 Å². The molecule has 0 radical (unpaired) electrons. The van der Waals surface area contributed by atoms with E-state index in [1.807, 2.05) is 54.3 Å². The Kier molecular flexibility index (Phi) is 6.13. The fraction of sp³-hybridized carbons (Fsp3) is 0.222. The molecule has 1 aromatic heterocycles. The highest BCUT2D eigenvalue weighted by Crippen LogP contribution is 2.36. The number of fused-ring (bicyclic) bond motifs is 1. The number of benzene rings is 3. The van der Waals surface area contributed by atoms with E-state index in [1.54, 1.807) is 12.1 Å². The maximum atomic E-state index is 14.0. The van der Waals surface area contributed by atoms with Crippen molar-refractivity contribution >= 4 is 5.97 Å². The lowest BCUT2D eigenvalue weighted by Gasteiger charge is -2.27. The lowest BCUT2D eigenvalue weighted by atomic mass is 9.94. The highest BCUT2D eigenvalue weighted by molar-refractivity contribution is 5.74. The fourth-order valence-corrected chi connectivity index (χ4v) is 4.54. The molecule has 5 rings (SSSR count). The highest BCUT2D eigenvalue weighted by atomic mass is 19.3. The van der Waals surface area contributed by atoms with Crippen LogP contribution in [0.15, 0.2) is 65.2 Å². The Morgan fingerprint density at radius 3 is 2.63 bits per heavy atom. The van der Waals surface area contributed by atoms with Gasteiger partial charge in [0.1, 0.15) is 0 Å².